The van der Waals surface area contributed by atoms with Gasteiger partial charge in [-0.15, -0.1) is 0 Å². The smallest absolute Gasteiger partial charge is 0.243 e. The summed E-state index contributed by atoms with van der Waals surface area (Å²) < 4.78 is 27.0. The highest BCUT2D eigenvalue weighted by Crippen LogP contribution is 2.24. The molecule has 2 aromatic rings. The fourth-order valence-corrected chi connectivity index (χ4v) is 3.83. The molecule has 1 fully saturated rings. The lowest BCUT2D eigenvalue weighted by atomic mass is 10.2. The molecule has 0 saturated carbocycles. The fraction of sp³-hybridized carbons (Fsp3) is 0.231. The Bertz CT molecular complexity index is 716. The van der Waals surface area contributed by atoms with Crippen molar-refractivity contribution >= 4 is 31.9 Å². The number of nitrogens with zero attached hydrogens (tertiary/aromatic N) is 3. The largest absolute Gasteiger partial charge is 0.349 e. The van der Waals surface area contributed by atoms with Crippen molar-refractivity contribution in [1.82, 2.24) is 14.3 Å². The van der Waals surface area contributed by atoms with Gasteiger partial charge in [0.1, 0.15) is 0 Å². The first-order chi connectivity index (χ1) is 10.1. The van der Waals surface area contributed by atoms with E-state index in [-0.39, 0.29) is 6.04 Å². The number of sulfonamides is 1. The van der Waals surface area contributed by atoms with E-state index in [1.807, 2.05) is 0 Å². The summed E-state index contributed by atoms with van der Waals surface area (Å²) in [5.74, 6) is 0.517. The molecule has 0 aliphatic carbocycles. The van der Waals surface area contributed by atoms with Gasteiger partial charge in [-0.05, 0) is 30.3 Å². The summed E-state index contributed by atoms with van der Waals surface area (Å²) in [5.41, 5.74) is 0. The molecule has 21 heavy (non-hydrogen) atoms. The molecule has 1 aliphatic heterocycles. The lowest BCUT2D eigenvalue weighted by Crippen LogP contribution is -2.56. The quantitative estimate of drug-likeness (QED) is 0.889. The third kappa shape index (κ3) is 3.07. The Hall–Kier alpha value is -1.51. The van der Waals surface area contributed by atoms with E-state index in [0.29, 0.717) is 23.9 Å². The van der Waals surface area contributed by atoms with Gasteiger partial charge in [-0.25, -0.2) is 18.4 Å². The Kier molecular flexibility index (Phi) is 3.92. The molecule has 1 aromatic carbocycles. The van der Waals surface area contributed by atoms with E-state index in [1.165, 1.54) is 4.31 Å². The number of aromatic nitrogens is 2. The van der Waals surface area contributed by atoms with Crippen molar-refractivity contribution < 1.29 is 8.42 Å². The fourth-order valence-electron chi connectivity index (χ4n) is 2.04. The lowest BCUT2D eigenvalue weighted by molar-refractivity contribution is 0.280. The molecule has 6 nitrogen and oxygen atoms in total. The zero-order valence-electron chi connectivity index (χ0n) is 11.0. The van der Waals surface area contributed by atoms with E-state index in [1.54, 1.807) is 42.7 Å². The van der Waals surface area contributed by atoms with Crippen molar-refractivity contribution in [2.75, 3.05) is 18.4 Å². The highest BCUT2D eigenvalue weighted by Gasteiger charge is 2.36. The zero-order valence-corrected chi connectivity index (χ0v) is 13.4. The molecule has 0 bridgehead atoms. The Labute approximate surface area is 131 Å². The molecule has 1 N–H and O–H groups in total. The Morgan fingerprint density at radius 3 is 2.38 bits per heavy atom. The van der Waals surface area contributed by atoms with Crippen molar-refractivity contribution in [3.63, 3.8) is 0 Å². The first-order valence-corrected chi connectivity index (χ1v) is 8.58. The van der Waals surface area contributed by atoms with Crippen LogP contribution in [0.4, 0.5) is 5.95 Å². The van der Waals surface area contributed by atoms with Crippen LogP contribution in [-0.2, 0) is 10.0 Å². The highest BCUT2D eigenvalue weighted by molar-refractivity contribution is 9.10. The highest BCUT2D eigenvalue weighted by atomic mass is 79.9. The van der Waals surface area contributed by atoms with E-state index in [9.17, 15) is 8.42 Å². The molecule has 0 amide bonds. The number of nitrogens with one attached hydrogen (secondary N) is 1. The predicted octanol–water partition coefficient (Wildman–Crippen LogP) is 1.72. The van der Waals surface area contributed by atoms with Crippen LogP contribution >= 0.6 is 15.9 Å². The maximum atomic E-state index is 12.4. The third-order valence-electron chi connectivity index (χ3n) is 3.20. The number of anilines is 1. The van der Waals surface area contributed by atoms with E-state index in [2.05, 4.69) is 31.2 Å². The van der Waals surface area contributed by atoms with Crippen LogP contribution in [0, 0.1) is 0 Å². The first-order valence-electron chi connectivity index (χ1n) is 6.35. The summed E-state index contributed by atoms with van der Waals surface area (Å²) in [6.07, 6.45) is 3.29. The molecular formula is C13H13BrN4O2S. The van der Waals surface area contributed by atoms with Crippen LogP contribution in [0.25, 0.3) is 0 Å². The van der Waals surface area contributed by atoms with Crippen LogP contribution in [-0.4, -0.2) is 41.8 Å². The van der Waals surface area contributed by atoms with Gasteiger partial charge in [-0.3, -0.25) is 0 Å². The monoisotopic (exact) mass is 368 g/mol. The predicted molar refractivity (Wildman–Crippen MR) is 82.3 cm³/mol. The maximum Gasteiger partial charge on any atom is 0.243 e. The van der Waals surface area contributed by atoms with Gasteiger partial charge in [0, 0.05) is 30.0 Å². The van der Waals surface area contributed by atoms with Gasteiger partial charge in [0.05, 0.1) is 10.9 Å². The SMILES string of the molecule is O=S(=O)(c1ccc(Br)cc1)N1CC(Nc2ncccn2)C1. The van der Waals surface area contributed by atoms with Gasteiger partial charge in [-0.2, -0.15) is 4.31 Å². The summed E-state index contributed by atoms with van der Waals surface area (Å²) >= 11 is 3.29. The third-order valence-corrected chi connectivity index (χ3v) is 5.57. The van der Waals surface area contributed by atoms with Gasteiger partial charge in [0.25, 0.3) is 0 Å². The number of rotatable bonds is 4. The van der Waals surface area contributed by atoms with Gasteiger partial charge < -0.3 is 5.32 Å². The number of hydrogen-bond acceptors (Lipinski definition) is 5. The van der Waals surface area contributed by atoms with E-state index in [4.69, 9.17) is 0 Å². The lowest BCUT2D eigenvalue weighted by Gasteiger charge is -2.38. The van der Waals surface area contributed by atoms with E-state index >= 15 is 0 Å². The molecule has 0 radical (unpaired) electrons. The van der Waals surface area contributed by atoms with E-state index in [0.717, 1.165) is 4.47 Å². The van der Waals surface area contributed by atoms with Crippen LogP contribution in [0.3, 0.4) is 0 Å². The number of halogens is 1. The Morgan fingerprint density at radius 1 is 1.14 bits per heavy atom. The summed E-state index contributed by atoms with van der Waals surface area (Å²) in [5, 5.41) is 3.11. The average molecular weight is 369 g/mol. The molecule has 1 saturated heterocycles. The van der Waals surface area contributed by atoms with Gasteiger partial charge in [-0.1, -0.05) is 15.9 Å². The molecule has 1 aromatic heterocycles. The van der Waals surface area contributed by atoms with Gasteiger partial charge >= 0.3 is 0 Å². The first kappa shape index (κ1) is 14.4. The van der Waals surface area contributed by atoms with E-state index < -0.39 is 10.0 Å². The normalized spacial score (nSPS) is 16.4. The number of benzene rings is 1. The van der Waals surface area contributed by atoms with Crippen LogP contribution < -0.4 is 5.32 Å². The minimum atomic E-state index is -3.41. The molecule has 8 heteroatoms. The van der Waals surface area contributed by atoms with Gasteiger partial charge in [0.15, 0.2) is 0 Å². The standard InChI is InChI=1S/C13H13BrN4O2S/c14-10-2-4-12(5-3-10)21(19,20)18-8-11(9-18)17-13-15-6-1-7-16-13/h1-7,11H,8-9H2,(H,15,16,17). The molecule has 0 atom stereocenters. The van der Waals surface area contributed by atoms with Crippen molar-refractivity contribution in [3.8, 4) is 0 Å². The van der Waals surface area contributed by atoms with Crippen molar-refractivity contribution in [1.29, 1.82) is 0 Å². The Balaban J connectivity index is 1.64. The minimum Gasteiger partial charge on any atom is -0.349 e. The maximum absolute atomic E-state index is 12.4. The average Bonchev–Trinajstić information content (AvgIpc) is 2.44. The summed E-state index contributed by atoms with van der Waals surface area (Å²) in [7, 11) is -3.41. The van der Waals surface area contributed by atoms with Gasteiger partial charge in [0.2, 0.25) is 16.0 Å². The second kappa shape index (κ2) is 5.70. The zero-order chi connectivity index (χ0) is 14.9. The second-order valence-electron chi connectivity index (χ2n) is 4.69. The van der Waals surface area contributed by atoms with Crippen molar-refractivity contribution in [2.24, 2.45) is 0 Å². The molecule has 0 unspecified atom stereocenters. The van der Waals surface area contributed by atoms with Crippen molar-refractivity contribution in [3.05, 3.63) is 47.2 Å². The summed E-state index contributed by atoms with van der Waals surface area (Å²) in [4.78, 5) is 8.43. The molecular weight excluding hydrogens is 356 g/mol. The topological polar surface area (TPSA) is 75.2 Å². The molecule has 2 heterocycles. The number of hydrogen-bond donors (Lipinski definition) is 1. The minimum absolute atomic E-state index is 0.0395. The Morgan fingerprint density at radius 2 is 1.76 bits per heavy atom. The van der Waals surface area contributed by atoms with Crippen LogP contribution in [0.15, 0.2) is 52.1 Å². The molecule has 3 rings (SSSR count). The molecule has 110 valence electrons. The van der Waals surface area contributed by atoms with Crippen molar-refractivity contribution in [2.45, 2.75) is 10.9 Å². The molecule has 1 aliphatic rings. The summed E-state index contributed by atoms with van der Waals surface area (Å²) in [6.45, 7) is 0.827. The summed E-state index contributed by atoms with van der Waals surface area (Å²) in [6, 6.07) is 8.41. The molecule has 0 spiro atoms. The van der Waals surface area contributed by atoms with Crippen LogP contribution in [0.1, 0.15) is 0 Å². The second-order valence-corrected chi connectivity index (χ2v) is 7.54. The van der Waals surface area contributed by atoms with Crippen LogP contribution in [0.5, 0.6) is 0 Å². The van der Waals surface area contributed by atoms with Crippen LogP contribution in [0.2, 0.25) is 0 Å².